The highest BCUT2D eigenvalue weighted by molar-refractivity contribution is 5.98. The number of carbonyl (C=O) groups is 2. The van der Waals surface area contributed by atoms with Crippen LogP contribution in [0.15, 0.2) is 48.5 Å². The number of ether oxygens (including phenoxy) is 2. The minimum absolute atomic E-state index is 0.0912. The molecule has 0 atom stereocenters. The number of fused-ring (bicyclic) bond motifs is 1. The van der Waals surface area contributed by atoms with E-state index < -0.39 is 0 Å². The number of hydrogen-bond donors (Lipinski definition) is 1. The van der Waals surface area contributed by atoms with Gasteiger partial charge >= 0.3 is 0 Å². The number of methoxy groups -OCH3 is 2. The molecule has 0 spiro atoms. The largest absolute Gasteiger partial charge is 0.497 e. The Balaban J connectivity index is 1.29. The van der Waals surface area contributed by atoms with E-state index in [2.05, 4.69) is 27.2 Å². The van der Waals surface area contributed by atoms with Crippen molar-refractivity contribution in [1.82, 2.24) is 20.0 Å². The van der Waals surface area contributed by atoms with Crippen LogP contribution in [0.1, 0.15) is 32.1 Å². The third kappa shape index (κ3) is 4.41. The van der Waals surface area contributed by atoms with Crippen LogP contribution in [0.2, 0.25) is 0 Å². The zero-order valence-electron chi connectivity index (χ0n) is 20.0. The van der Waals surface area contributed by atoms with Crippen molar-refractivity contribution >= 4 is 17.5 Å². The molecule has 1 N–H and O–H groups in total. The first-order valence-corrected chi connectivity index (χ1v) is 11.8. The summed E-state index contributed by atoms with van der Waals surface area (Å²) in [6.45, 7) is 3.65. The summed E-state index contributed by atoms with van der Waals surface area (Å²) in [6.07, 6.45) is 0.613. The summed E-state index contributed by atoms with van der Waals surface area (Å²) in [7, 11) is 3.10. The average molecular weight is 476 g/mol. The fourth-order valence-electron chi connectivity index (χ4n) is 4.75. The highest BCUT2D eigenvalue weighted by atomic mass is 16.5. The number of benzene rings is 2. The molecular weight excluding hydrogens is 446 g/mol. The number of piperazine rings is 1. The quantitative estimate of drug-likeness (QED) is 0.610. The van der Waals surface area contributed by atoms with Crippen molar-refractivity contribution in [2.75, 3.05) is 51.8 Å². The summed E-state index contributed by atoms with van der Waals surface area (Å²) in [4.78, 5) is 32.6. The molecule has 1 fully saturated rings. The number of aromatic nitrogens is 2. The number of anilines is 1. The first kappa shape index (κ1) is 22.8. The Kier molecular flexibility index (Phi) is 6.31. The lowest BCUT2D eigenvalue weighted by atomic mass is 10.0. The summed E-state index contributed by atoms with van der Waals surface area (Å²) in [5.41, 5.74) is 3.76. The predicted molar refractivity (Wildman–Crippen MR) is 131 cm³/mol. The molecule has 0 aliphatic carbocycles. The van der Waals surface area contributed by atoms with Gasteiger partial charge in [-0.05, 0) is 24.3 Å². The lowest BCUT2D eigenvalue weighted by Gasteiger charge is -2.36. The van der Waals surface area contributed by atoms with E-state index in [1.54, 1.807) is 30.2 Å². The number of nitrogens with one attached hydrogen (secondary N) is 1. The Morgan fingerprint density at radius 2 is 1.66 bits per heavy atom. The molecule has 1 aromatic heterocycles. The number of H-pyrrole nitrogens is 1. The molecular formula is C26H29N5O4. The first-order valence-electron chi connectivity index (χ1n) is 11.8. The summed E-state index contributed by atoms with van der Waals surface area (Å²) >= 11 is 0. The normalized spacial score (nSPS) is 15.5. The first-order chi connectivity index (χ1) is 17.1. The van der Waals surface area contributed by atoms with E-state index in [0.29, 0.717) is 55.4 Å². The molecule has 9 nitrogen and oxygen atoms in total. The number of carbonyl (C=O) groups excluding carboxylic acids is 2. The van der Waals surface area contributed by atoms with E-state index in [9.17, 15) is 9.59 Å². The van der Waals surface area contributed by atoms with E-state index in [0.717, 1.165) is 24.3 Å². The van der Waals surface area contributed by atoms with Crippen molar-refractivity contribution in [1.29, 1.82) is 0 Å². The van der Waals surface area contributed by atoms with Gasteiger partial charge in [-0.3, -0.25) is 14.7 Å². The second kappa shape index (κ2) is 9.69. The predicted octanol–water partition coefficient (Wildman–Crippen LogP) is 2.59. The molecule has 0 unspecified atom stereocenters. The highest BCUT2D eigenvalue weighted by Gasteiger charge is 2.32. The van der Waals surface area contributed by atoms with Crippen LogP contribution in [0.25, 0.3) is 0 Å². The summed E-state index contributed by atoms with van der Waals surface area (Å²) < 4.78 is 10.7. The van der Waals surface area contributed by atoms with Crippen LogP contribution in [0.3, 0.4) is 0 Å². The van der Waals surface area contributed by atoms with Crippen LogP contribution in [0.4, 0.5) is 5.69 Å². The number of nitrogens with zero attached hydrogens (tertiary/aromatic N) is 4. The molecule has 0 radical (unpaired) electrons. The Morgan fingerprint density at radius 1 is 0.886 bits per heavy atom. The van der Waals surface area contributed by atoms with E-state index >= 15 is 0 Å². The number of rotatable bonds is 5. The van der Waals surface area contributed by atoms with Gasteiger partial charge in [-0.1, -0.05) is 18.2 Å². The molecule has 5 rings (SSSR count). The number of para-hydroxylation sites is 1. The molecule has 9 heteroatoms. The van der Waals surface area contributed by atoms with Crippen LogP contribution in [-0.2, 0) is 13.0 Å². The molecule has 3 heterocycles. The molecule has 35 heavy (non-hydrogen) atoms. The second-order valence-electron chi connectivity index (χ2n) is 8.69. The molecule has 1 saturated heterocycles. The van der Waals surface area contributed by atoms with Gasteiger partial charge < -0.3 is 24.2 Å². The minimum Gasteiger partial charge on any atom is -0.497 e. The highest BCUT2D eigenvalue weighted by Crippen LogP contribution is 2.29. The molecule has 2 aliphatic heterocycles. The second-order valence-corrected chi connectivity index (χ2v) is 8.69. The van der Waals surface area contributed by atoms with Crippen molar-refractivity contribution in [2.24, 2.45) is 0 Å². The maximum absolute atomic E-state index is 13.4. The molecule has 0 bridgehead atoms. The number of hydrogen-bond acceptors (Lipinski definition) is 6. The van der Waals surface area contributed by atoms with E-state index in [1.165, 1.54) is 12.8 Å². The fraction of sp³-hybridized carbons (Fsp3) is 0.346. The van der Waals surface area contributed by atoms with Crippen molar-refractivity contribution < 1.29 is 19.1 Å². The van der Waals surface area contributed by atoms with Crippen molar-refractivity contribution in [3.63, 3.8) is 0 Å². The lowest BCUT2D eigenvalue weighted by molar-refractivity contribution is 0.0707. The smallest absolute Gasteiger partial charge is 0.274 e. The summed E-state index contributed by atoms with van der Waals surface area (Å²) in [5, 5.41) is 7.39. The van der Waals surface area contributed by atoms with Gasteiger partial charge in [-0.2, -0.15) is 5.10 Å². The molecule has 0 saturated carbocycles. The van der Waals surface area contributed by atoms with Crippen molar-refractivity contribution in [2.45, 2.75) is 13.0 Å². The maximum Gasteiger partial charge on any atom is 0.274 e. The van der Waals surface area contributed by atoms with E-state index in [1.807, 2.05) is 23.1 Å². The number of aromatic amines is 1. The van der Waals surface area contributed by atoms with Gasteiger partial charge in [-0.25, -0.2) is 0 Å². The van der Waals surface area contributed by atoms with Gasteiger partial charge in [0.15, 0.2) is 5.69 Å². The average Bonchev–Trinajstić information content (AvgIpc) is 3.35. The van der Waals surface area contributed by atoms with Crippen LogP contribution in [-0.4, -0.2) is 78.8 Å². The van der Waals surface area contributed by atoms with Crippen molar-refractivity contribution in [3.8, 4) is 11.5 Å². The van der Waals surface area contributed by atoms with Gasteiger partial charge in [-0.15, -0.1) is 0 Å². The van der Waals surface area contributed by atoms with Gasteiger partial charge in [0.2, 0.25) is 0 Å². The minimum atomic E-state index is -0.147. The molecule has 3 aromatic rings. The number of amides is 2. The molecule has 2 amide bonds. The third-order valence-electron chi connectivity index (χ3n) is 6.75. The third-order valence-corrected chi connectivity index (χ3v) is 6.75. The van der Waals surface area contributed by atoms with Crippen molar-refractivity contribution in [3.05, 3.63) is 71.0 Å². The monoisotopic (exact) mass is 475 g/mol. The van der Waals surface area contributed by atoms with E-state index in [-0.39, 0.29) is 11.8 Å². The maximum atomic E-state index is 13.4. The van der Waals surface area contributed by atoms with E-state index in [4.69, 9.17) is 9.47 Å². The van der Waals surface area contributed by atoms with Crippen LogP contribution < -0.4 is 14.4 Å². The molecule has 2 aromatic carbocycles. The molecule has 2 aliphatic rings. The summed E-state index contributed by atoms with van der Waals surface area (Å²) in [6, 6.07) is 15.4. The van der Waals surface area contributed by atoms with Crippen LogP contribution in [0.5, 0.6) is 11.5 Å². The zero-order valence-corrected chi connectivity index (χ0v) is 20.0. The van der Waals surface area contributed by atoms with Crippen LogP contribution in [0, 0.1) is 0 Å². The zero-order chi connectivity index (χ0) is 24.4. The van der Waals surface area contributed by atoms with Gasteiger partial charge in [0, 0.05) is 62.2 Å². The Morgan fingerprint density at radius 3 is 2.37 bits per heavy atom. The lowest BCUT2D eigenvalue weighted by Crippen LogP contribution is -2.49. The topological polar surface area (TPSA) is 91.0 Å². The Bertz CT molecular complexity index is 1220. The fourth-order valence-corrected chi connectivity index (χ4v) is 4.75. The SMILES string of the molecule is COc1ccc(C(=O)N2CCc3[nH]nc(C(=O)N4CCN(c5ccccc5)CC4)c3C2)c(OC)c1. The standard InChI is InChI=1S/C26H29N5O4/c1-34-19-8-9-20(23(16-19)35-2)25(32)31-11-10-22-21(17-31)24(28-27-22)26(33)30-14-12-29(13-15-30)18-6-4-3-5-7-18/h3-9,16H,10-15,17H2,1-2H3,(H,27,28). The van der Waals surface area contributed by atoms with Gasteiger partial charge in [0.1, 0.15) is 11.5 Å². The summed E-state index contributed by atoms with van der Waals surface area (Å²) in [5.74, 6) is 0.840. The Hall–Kier alpha value is -4.01. The van der Waals surface area contributed by atoms with Gasteiger partial charge in [0.05, 0.1) is 26.3 Å². The van der Waals surface area contributed by atoms with Crippen LogP contribution >= 0.6 is 0 Å². The Labute approximate surface area is 204 Å². The van der Waals surface area contributed by atoms with Gasteiger partial charge in [0.25, 0.3) is 11.8 Å². The molecule has 182 valence electrons.